The van der Waals surface area contributed by atoms with Gasteiger partial charge in [-0.3, -0.25) is 4.79 Å². The predicted octanol–water partition coefficient (Wildman–Crippen LogP) is 1.19. The standard InChI is InChI=1S/C14H17FN2O/c15-12-3-1-2-10(6-12)7-14(18)17-5-4-11-8-16-9-13(11)17/h1-3,6,11,13,16H,4-5,7-9H2/t11-,13+/m0/s1. The molecule has 0 aliphatic carbocycles. The van der Waals surface area contributed by atoms with Crippen molar-refractivity contribution in [1.82, 2.24) is 10.2 Å². The van der Waals surface area contributed by atoms with Crippen LogP contribution in [0.3, 0.4) is 0 Å². The quantitative estimate of drug-likeness (QED) is 0.852. The van der Waals surface area contributed by atoms with Crippen LogP contribution < -0.4 is 5.32 Å². The van der Waals surface area contributed by atoms with Crippen molar-refractivity contribution in [2.45, 2.75) is 18.9 Å². The van der Waals surface area contributed by atoms with Crippen LogP contribution >= 0.6 is 0 Å². The molecule has 1 N–H and O–H groups in total. The third-order valence-electron chi connectivity index (χ3n) is 4.01. The number of carbonyl (C=O) groups excluding carboxylic acids is 1. The Labute approximate surface area is 106 Å². The maximum Gasteiger partial charge on any atom is 0.227 e. The highest BCUT2D eigenvalue weighted by Crippen LogP contribution is 2.27. The van der Waals surface area contributed by atoms with Crippen LogP contribution in [-0.2, 0) is 11.2 Å². The lowest BCUT2D eigenvalue weighted by Crippen LogP contribution is -2.39. The van der Waals surface area contributed by atoms with Crippen molar-refractivity contribution in [2.24, 2.45) is 5.92 Å². The Morgan fingerprint density at radius 3 is 3.17 bits per heavy atom. The van der Waals surface area contributed by atoms with E-state index in [9.17, 15) is 9.18 Å². The molecule has 1 amide bonds. The molecule has 2 fully saturated rings. The van der Waals surface area contributed by atoms with Crippen LogP contribution in [0, 0.1) is 11.7 Å². The molecule has 0 saturated carbocycles. The van der Waals surface area contributed by atoms with Gasteiger partial charge in [0.25, 0.3) is 0 Å². The molecule has 3 rings (SSSR count). The van der Waals surface area contributed by atoms with Crippen LogP contribution in [-0.4, -0.2) is 36.5 Å². The lowest BCUT2D eigenvalue weighted by atomic mass is 10.0. The van der Waals surface area contributed by atoms with E-state index in [0.29, 0.717) is 18.4 Å². The van der Waals surface area contributed by atoms with Gasteiger partial charge in [0.15, 0.2) is 0 Å². The molecule has 2 aliphatic heterocycles. The molecule has 0 spiro atoms. The summed E-state index contributed by atoms with van der Waals surface area (Å²) in [7, 11) is 0. The number of hydrogen-bond donors (Lipinski definition) is 1. The lowest BCUT2D eigenvalue weighted by Gasteiger charge is -2.23. The molecule has 2 saturated heterocycles. The van der Waals surface area contributed by atoms with Gasteiger partial charge in [0, 0.05) is 25.7 Å². The number of benzene rings is 1. The molecule has 0 radical (unpaired) electrons. The zero-order valence-corrected chi connectivity index (χ0v) is 10.2. The number of rotatable bonds is 2. The molecule has 2 heterocycles. The number of amides is 1. The summed E-state index contributed by atoms with van der Waals surface area (Å²) in [6.45, 7) is 2.78. The monoisotopic (exact) mass is 248 g/mol. The second-order valence-corrected chi connectivity index (χ2v) is 5.17. The predicted molar refractivity (Wildman–Crippen MR) is 66.6 cm³/mol. The van der Waals surface area contributed by atoms with Crippen LogP contribution in [0.15, 0.2) is 24.3 Å². The first-order valence-corrected chi connectivity index (χ1v) is 6.48. The average Bonchev–Trinajstić information content (AvgIpc) is 2.89. The summed E-state index contributed by atoms with van der Waals surface area (Å²) >= 11 is 0. The van der Waals surface area contributed by atoms with E-state index >= 15 is 0 Å². The number of nitrogens with zero attached hydrogens (tertiary/aromatic N) is 1. The van der Waals surface area contributed by atoms with Gasteiger partial charge in [-0.2, -0.15) is 0 Å². The largest absolute Gasteiger partial charge is 0.338 e. The first kappa shape index (κ1) is 11.7. The number of halogens is 1. The van der Waals surface area contributed by atoms with E-state index in [1.807, 2.05) is 4.90 Å². The third kappa shape index (κ3) is 2.12. The van der Waals surface area contributed by atoms with E-state index in [-0.39, 0.29) is 11.7 Å². The molecule has 1 aromatic rings. The second kappa shape index (κ2) is 4.69. The van der Waals surface area contributed by atoms with Gasteiger partial charge in [-0.1, -0.05) is 12.1 Å². The topological polar surface area (TPSA) is 32.3 Å². The Morgan fingerprint density at radius 2 is 2.33 bits per heavy atom. The molecule has 96 valence electrons. The highest BCUT2D eigenvalue weighted by molar-refractivity contribution is 5.79. The van der Waals surface area contributed by atoms with Crippen LogP contribution in [0.5, 0.6) is 0 Å². The summed E-state index contributed by atoms with van der Waals surface area (Å²) in [6.07, 6.45) is 1.40. The summed E-state index contributed by atoms with van der Waals surface area (Å²) in [5.41, 5.74) is 0.759. The Hall–Kier alpha value is -1.42. The SMILES string of the molecule is O=C(Cc1cccc(F)c1)N1CC[C@H]2CNC[C@H]21. The Kier molecular flexibility index (Phi) is 3.04. The van der Waals surface area contributed by atoms with Crippen molar-refractivity contribution in [3.8, 4) is 0 Å². The van der Waals surface area contributed by atoms with Gasteiger partial charge >= 0.3 is 0 Å². The number of likely N-dealkylation sites (tertiary alicyclic amines) is 1. The molecule has 0 aromatic heterocycles. The maximum atomic E-state index is 13.1. The van der Waals surface area contributed by atoms with Gasteiger partial charge < -0.3 is 10.2 Å². The Bertz CT molecular complexity index is 463. The number of nitrogens with one attached hydrogen (secondary N) is 1. The van der Waals surface area contributed by atoms with Crippen molar-refractivity contribution < 1.29 is 9.18 Å². The normalized spacial score (nSPS) is 26.4. The highest BCUT2D eigenvalue weighted by Gasteiger charge is 2.39. The van der Waals surface area contributed by atoms with E-state index in [4.69, 9.17) is 0 Å². The molecular weight excluding hydrogens is 231 g/mol. The minimum Gasteiger partial charge on any atom is -0.338 e. The fourth-order valence-electron chi connectivity index (χ4n) is 3.08. The van der Waals surface area contributed by atoms with Crippen molar-refractivity contribution in [2.75, 3.05) is 19.6 Å². The number of hydrogen-bond acceptors (Lipinski definition) is 2. The fraction of sp³-hybridized carbons (Fsp3) is 0.500. The van der Waals surface area contributed by atoms with Crippen molar-refractivity contribution in [3.63, 3.8) is 0 Å². The van der Waals surface area contributed by atoms with E-state index < -0.39 is 0 Å². The number of fused-ring (bicyclic) bond motifs is 1. The molecule has 18 heavy (non-hydrogen) atoms. The van der Waals surface area contributed by atoms with Crippen LogP contribution in [0.25, 0.3) is 0 Å². The zero-order valence-electron chi connectivity index (χ0n) is 10.2. The summed E-state index contributed by atoms with van der Waals surface area (Å²) in [4.78, 5) is 14.2. The van der Waals surface area contributed by atoms with Crippen molar-refractivity contribution in [1.29, 1.82) is 0 Å². The molecule has 0 bridgehead atoms. The molecular formula is C14H17FN2O. The van der Waals surface area contributed by atoms with E-state index in [1.54, 1.807) is 12.1 Å². The Morgan fingerprint density at radius 1 is 1.44 bits per heavy atom. The smallest absolute Gasteiger partial charge is 0.227 e. The molecule has 1 aromatic carbocycles. The van der Waals surface area contributed by atoms with Gasteiger partial charge in [-0.15, -0.1) is 0 Å². The van der Waals surface area contributed by atoms with E-state index in [1.165, 1.54) is 12.1 Å². The lowest BCUT2D eigenvalue weighted by molar-refractivity contribution is -0.131. The first-order chi connectivity index (χ1) is 8.74. The zero-order chi connectivity index (χ0) is 12.5. The van der Waals surface area contributed by atoms with Crippen molar-refractivity contribution >= 4 is 5.91 Å². The summed E-state index contributed by atoms with van der Waals surface area (Å²) < 4.78 is 13.1. The molecule has 2 atom stereocenters. The Balaban J connectivity index is 1.68. The summed E-state index contributed by atoms with van der Waals surface area (Å²) in [5, 5.41) is 3.33. The molecule has 4 heteroatoms. The van der Waals surface area contributed by atoms with Crippen LogP contribution in [0.1, 0.15) is 12.0 Å². The van der Waals surface area contributed by atoms with Gasteiger partial charge in [-0.25, -0.2) is 4.39 Å². The van der Waals surface area contributed by atoms with Gasteiger partial charge in [-0.05, 0) is 30.0 Å². The maximum absolute atomic E-state index is 13.1. The van der Waals surface area contributed by atoms with Crippen LogP contribution in [0.2, 0.25) is 0 Å². The van der Waals surface area contributed by atoms with Gasteiger partial charge in [0.2, 0.25) is 5.91 Å². The minimum atomic E-state index is -0.276. The highest BCUT2D eigenvalue weighted by atomic mass is 19.1. The summed E-state index contributed by atoms with van der Waals surface area (Å²) in [6, 6.07) is 6.66. The van der Waals surface area contributed by atoms with Gasteiger partial charge in [0.1, 0.15) is 5.82 Å². The average molecular weight is 248 g/mol. The molecule has 2 aliphatic rings. The minimum absolute atomic E-state index is 0.122. The van der Waals surface area contributed by atoms with Gasteiger partial charge in [0.05, 0.1) is 6.42 Å². The fourth-order valence-corrected chi connectivity index (χ4v) is 3.08. The number of carbonyl (C=O) groups is 1. The molecule has 0 unspecified atom stereocenters. The van der Waals surface area contributed by atoms with E-state index in [2.05, 4.69) is 5.32 Å². The van der Waals surface area contributed by atoms with Crippen LogP contribution in [0.4, 0.5) is 4.39 Å². The molecule has 3 nitrogen and oxygen atoms in total. The first-order valence-electron chi connectivity index (χ1n) is 6.48. The van der Waals surface area contributed by atoms with Crippen molar-refractivity contribution in [3.05, 3.63) is 35.6 Å². The third-order valence-corrected chi connectivity index (χ3v) is 4.01. The summed E-state index contributed by atoms with van der Waals surface area (Å²) in [5.74, 6) is 0.459. The van der Waals surface area contributed by atoms with E-state index in [0.717, 1.165) is 31.6 Å². The second-order valence-electron chi connectivity index (χ2n) is 5.17.